The predicted molar refractivity (Wildman–Crippen MR) is 116 cm³/mol. The molecule has 4 rings (SSSR count). The van der Waals surface area contributed by atoms with Gasteiger partial charge >= 0.3 is 5.97 Å². The maximum atomic E-state index is 12.7. The molecule has 0 bridgehead atoms. The number of ether oxygens (including phenoxy) is 1. The van der Waals surface area contributed by atoms with Crippen LogP contribution in [-0.2, 0) is 4.79 Å². The minimum atomic E-state index is -1.04. The molecular formula is C21H26N6O4. The normalized spacial score (nSPS) is 19.2. The number of rotatable bonds is 5. The van der Waals surface area contributed by atoms with Gasteiger partial charge in [0.05, 0.1) is 24.6 Å². The number of amides is 1. The van der Waals surface area contributed by atoms with Gasteiger partial charge in [0.25, 0.3) is 0 Å². The molecule has 31 heavy (non-hydrogen) atoms. The van der Waals surface area contributed by atoms with Crippen molar-refractivity contribution >= 4 is 35.0 Å². The molecule has 1 atom stereocenters. The molecular weight excluding hydrogens is 400 g/mol. The molecule has 10 nitrogen and oxygen atoms in total. The molecule has 1 aromatic heterocycles. The van der Waals surface area contributed by atoms with Crippen LogP contribution in [0.5, 0.6) is 5.75 Å². The van der Waals surface area contributed by atoms with Gasteiger partial charge in [0, 0.05) is 19.6 Å². The summed E-state index contributed by atoms with van der Waals surface area (Å²) < 4.78 is 5.33. The van der Waals surface area contributed by atoms with E-state index < -0.39 is 12.0 Å². The van der Waals surface area contributed by atoms with Crippen molar-refractivity contribution in [3.8, 4) is 5.75 Å². The van der Waals surface area contributed by atoms with Crippen molar-refractivity contribution in [3.63, 3.8) is 0 Å². The van der Waals surface area contributed by atoms with Gasteiger partial charge in [-0.25, -0.2) is 9.78 Å². The third-order valence-electron chi connectivity index (χ3n) is 5.89. The number of nitrogens with one attached hydrogen (secondary N) is 1. The number of aromatic carboxylic acids is 1. The summed E-state index contributed by atoms with van der Waals surface area (Å²) in [5.74, 6) is 0.133. The molecule has 1 aliphatic carbocycles. The molecule has 1 saturated carbocycles. The molecule has 0 saturated heterocycles. The van der Waals surface area contributed by atoms with E-state index in [4.69, 9.17) is 15.5 Å². The first-order valence-electron chi connectivity index (χ1n) is 10.2. The molecule has 1 unspecified atom stereocenters. The minimum absolute atomic E-state index is 0.117. The summed E-state index contributed by atoms with van der Waals surface area (Å²) in [6.45, 7) is 0.397. The minimum Gasteiger partial charge on any atom is -0.495 e. The first-order valence-corrected chi connectivity index (χ1v) is 10.2. The van der Waals surface area contributed by atoms with Gasteiger partial charge in [-0.2, -0.15) is 4.98 Å². The van der Waals surface area contributed by atoms with Crippen LogP contribution < -0.4 is 25.6 Å². The van der Waals surface area contributed by atoms with Gasteiger partial charge in [-0.3, -0.25) is 4.79 Å². The first-order chi connectivity index (χ1) is 14.9. The van der Waals surface area contributed by atoms with Crippen LogP contribution in [0.15, 0.2) is 24.4 Å². The van der Waals surface area contributed by atoms with Crippen LogP contribution in [0.25, 0.3) is 0 Å². The number of aromatic nitrogens is 2. The number of methoxy groups -OCH3 is 1. The maximum Gasteiger partial charge on any atom is 0.335 e. The Bertz CT molecular complexity index is 1010. The van der Waals surface area contributed by atoms with Crippen LogP contribution in [0.4, 0.5) is 23.1 Å². The summed E-state index contributed by atoms with van der Waals surface area (Å²) in [7, 11) is 3.15. The maximum absolute atomic E-state index is 12.7. The van der Waals surface area contributed by atoms with Crippen LogP contribution in [0, 0.1) is 0 Å². The quantitative estimate of drug-likeness (QED) is 0.656. The molecule has 1 aromatic carbocycles. The predicted octanol–water partition coefficient (Wildman–Crippen LogP) is 1.98. The molecule has 2 aromatic rings. The third-order valence-corrected chi connectivity index (χ3v) is 5.89. The Balaban J connectivity index is 1.71. The topological polar surface area (TPSA) is 134 Å². The molecule has 1 aliphatic heterocycles. The van der Waals surface area contributed by atoms with Gasteiger partial charge in [0.15, 0.2) is 5.82 Å². The lowest BCUT2D eigenvalue weighted by Gasteiger charge is -2.30. The number of anilines is 4. The molecule has 4 N–H and O–H groups in total. The lowest BCUT2D eigenvalue weighted by Crippen LogP contribution is -2.48. The molecule has 0 spiro atoms. The highest BCUT2D eigenvalue weighted by molar-refractivity contribution is 6.00. The van der Waals surface area contributed by atoms with Crippen molar-refractivity contribution in [2.24, 2.45) is 5.73 Å². The number of carbonyl (C=O) groups is 2. The molecule has 164 valence electrons. The third kappa shape index (κ3) is 3.98. The molecule has 10 heteroatoms. The SMILES string of the molecule is COc1cc(C(=O)O)ccc1Nc1ncc2c(n1)N(C1CCCC1)CC(N)C(=O)N2C. The number of nitrogens with two attached hydrogens (primary N) is 1. The number of carboxylic acids is 1. The summed E-state index contributed by atoms with van der Waals surface area (Å²) in [5.41, 5.74) is 7.45. The molecule has 1 amide bonds. The summed E-state index contributed by atoms with van der Waals surface area (Å²) in [6, 6.07) is 4.16. The van der Waals surface area contributed by atoms with Crippen molar-refractivity contribution in [1.82, 2.24) is 9.97 Å². The van der Waals surface area contributed by atoms with Gasteiger partial charge in [-0.05, 0) is 31.0 Å². The van der Waals surface area contributed by atoms with Gasteiger partial charge in [-0.1, -0.05) is 12.8 Å². The largest absolute Gasteiger partial charge is 0.495 e. The number of likely N-dealkylation sites (N-methyl/N-ethyl adjacent to an activating group) is 1. The van der Waals surface area contributed by atoms with Crippen LogP contribution >= 0.6 is 0 Å². The fourth-order valence-electron chi connectivity index (χ4n) is 4.20. The van der Waals surface area contributed by atoms with E-state index in [-0.39, 0.29) is 17.5 Å². The Morgan fingerprint density at radius 3 is 2.74 bits per heavy atom. The Morgan fingerprint density at radius 2 is 2.06 bits per heavy atom. The number of fused-ring (bicyclic) bond motifs is 1. The Labute approximate surface area is 180 Å². The second-order valence-corrected chi connectivity index (χ2v) is 7.84. The second-order valence-electron chi connectivity index (χ2n) is 7.84. The van der Waals surface area contributed by atoms with Gasteiger partial charge in [-0.15, -0.1) is 0 Å². The number of hydrogen-bond donors (Lipinski definition) is 3. The van der Waals surface area contributed by atoms with Gasteiger partial charge in [0.1, 0.15) is 17.5 Å². The summed E-state index contributed by atoms with van der Waals surface area (Å²) in [5, 5.41) is 12.3. The highest BCUT2D eigenvalue weighted by Gasteiger charge is 2.35. The average Bonchev–Trinajstić information content (AvgIpc) is 3.28. The highest BCUT2D eigenvalue weighted by Crippen LogP contribution is 2.36. The number of nitrogens with zero attached hydrogens (tertiary/aromatic N) is 4. The van der Waals surface area contributed by atoms with Crippen molar-refractivity contribution in [2.45, 2.75) is 37.8 Å². The number of carbonyl (C=O) groups excluding carboxylic acids is 1. The zero-order chi connectivity index (χ0) is 22.1. The number of carboxylic acid groups (broad SMARTS) is 1. The molecule has 0 radical (unpaired) electrons. The highest BCUT2D eigenvalue weighted by atomic mass is 16.5. The van der Waals surface area contributed by atoms with E-state index in [1.54, 1.807) is 19.3 Å². The number of hydrogen-bond acceptors (Lipinski definition) is 8. The smallest absolute Gasteiger partial charge is 0.335 e. The van der Waals surface area contributed by atoms with E-state index in [2.05, 4.69) is 15.2 Å². The molecule has 2 aliphatic rings. The molecule has 2 heterocycles. The first kappa shape index (κ1) is 20.9. The van der Waals surface area contributed by atoms with Crippen LogP contribution in [0.3, 0.4) is 0 Å². The fourth-order valence-corrected chi connectivity index (χ4v) is 4.20. The standard InChI is InChI=1S/C21H26N6O4/c1-26-16-10-23-21(24-15-8-7-12(20(29)30)9-17(15)31-2)25-18(16)27(11-14(22)19(26)28)13-5-3-4-6-13/h7-10,13-14H,3-6,11,22H2,1-2H3,(H,29,30)(H,23,24,25). The van der Waals surface area contributed by atoms with Crippen LogP contribution in [-0.4, -0.2) is 59.7 Å². The van der Waals surface area contributed by atoms with Crippen molar-refractivity contribution in [3.05, 3.63) is 30.0 Å². The monoisotopic (exact) mass is 426 g/mol. The van der Waals surface area contributed by atoms with E-state index >= 15 is 0 Å². The van der Waals surface area contributed by atoms with E-state index in [1.807, 2.05) is 0 Å². The van der Waals surface area contributed by atoms with Crippen LogP contribution in [0.1, 0.15) is 36.0 Å². The summed E-state index contributed by atoms with van der Waals surface area (Å²) in [4.78, 5) is 36.6. The fraction of sp³-hybridized carbons (Fsp3) is 0.429. The van der Waals surface area contributed by atoms with E-state index in [0.717, 1.165) is 25.7 Å². The lowest BCUT2D eigenvalue weighted by atomic mass is 10.2. The van der Waals surface area contributed by atoms with E-state index in [9.17, 15) is 14.7 Å². The average molecular weight is 426 g/mol. The lowest BCUT2D eigenvalue weighted by molar-refractivity contribution is -0.119. The van der Waals surface area contributed by atoms with Gasteiger partial charge < -0.3 is 30.7 Å². The summed E-state index contributed by atoms with van der Waals surface area (Å²) in [6.07, 6.45) is 5.95. The Kier molecular flexibility index (Phi) is 5.64. The van der Waals surface area contributed by atoms with Crippen molar-refractivity contribution in [1.29, 1.82) is 0 Å². The molecule has 1 fully saturated rings. The van der Waals surface area contributed by atoms with Crippen LogP contribution in [0.2, 0.25) is 0 Å². The Morgan fingerprint density at radius 1 is 1.32 bits per heavy atom. The zero-order valence-corrected chi connectivity index (χ0v) is 17.5. The van der Waals surface area contributed by atoms with Crippen molar-refractivity contribution < 1.29 is 19.4 Å². The van der Waals surface area contributed by atoms with E-state index in [0.29, 0.717) is 35.4 Å². The number of benzene rings is 1. The van der Waals surface area contributed by atoms with E-state index in [1.165, 1.54) is 24.1 Å². The van der Waals surface area contributed by atoms with Crippen molar-refractivity contribution in [2.75, 3.05) is 35.8 Å². The zero-order valence-electron chi connectivity index (χ0n) is 17.5. The van der Waals surface area contributed by atoms with Gasteiger partial charge in [0.2, 0.25) is 11.9 Å². The summed E-state index contributed by atoms with van der Waals surface area (Å²) >= 11 is 0. The second kappa shape index (κ2) is 8.38. The Hall–Kier alpha value is -3.40.